The second-order valence-electron chi connectivity index (χ2n) is 7.83. The number of hydrogen-bond acceptors (Lipinski definition) is 6. The van der Waals surface area contributed by atoms with Gasteiger partial charge in [-0.3, -0.25) is 19.8 Å². The van der Waals surface area contributed by atoms with E-state index >= 15 is 0 Å². The number of nitro groups is 1. The minimum absolute atomic E-state index is 0.0944. The first-order valence-electron chi connectivity index (χ1n) is 9.90. The lowest BCUT2D eigenvalue weighted by Crippen LogP contribution is -2.52. The van der Waals surface area contributed by atoms with Crippen LogP contribution in [0.5, 0.6) is 5.75 Å². The number of hydrogen-bond donors (Lipinski definition) is 1. The summed E-state index contributed by atoms with van der Waals surface area (Å²) in [6.07, 6.45) is 4.49. The fourth-order valence-electron chi connectivity index (χ4n) is 4.34. The van der Waals surface area contributed by atoms with Gasteiger partial charge in [0.25, 0.3) is 5.91 Å². The van der Waals surface area contributed by atoms with E-state index < -0.39 is 4.92 Å². The molecule has 2 fully saturated rings. The third kappa shape index (κ3) is 4.80. The van der Waals surface area contributed by atoms with Crippen LogP contribution in [-0.4, -0.2) is 60.2 Å². The van der Waals surface area contributed by atoms with Crippen molar-refractivity contribution >= 4 is 11.6 Å². The Labute approximate surface area is 165 Å². The fourth-order valence-corrected chi connectivity index (χ4v) is 4.34. The number of morpholine rings is 1. The van der Waals surface area contributed by atoms with E-state index in [1.807, 2.05) is 0 Å². The summed E-state index contributed by atoms with van der Waals surface area (Å²) in [5.74, 6) is -0.123. The molecule has 1 aromatic carbocycles. The molecule has 1 amide bonds. The molecule has 8 heteroatoms. The summed E-state index contributed by atoms with van der Waals surface area (Å²) >= 11 is 0. The Balaban J connectivity index is 1.54. The third-order valence-corrected chi connectivity index (χ3v) is 5.63. The standard InChI is InChI=1S/C20H29N3O5/c1-13-11-22(12-14(2)28-13)17-7-5-16(6-8-17)21-20(24)15-4-9-18(23(25)26)19(10-15)27-3/h4,9-10,13-14,16-17H,5-8,11-12H2,1-3H3,(H,21,24)/t13-,14+,16?,17?. The van der Waals surface area contributed by atoms with Gasteiger partial charge >= 0.3 is 5.69 Å². The van der Waals surface area contributed by atoms with Gasteiger partial charge in [-0.2, -0.15) is 0 Å². The second kappa shape index (κ2) is 8.87. The van der Waals surface area contributed by atoms with E-state index in [2.05, 4.69) is 24.1 Å². The summed E-state index contributed by atoms with van der Waals surface area (Å²) in [5.41, 5.74) is 0.230. The normalized spacial score (nSPS) is 28.5. The van der Waals surface area contributed by atoms with Gasteiger partial charge in [0.15, 0.2) is 5.75 Å². The SMILES string of the molecule is COc1cc(C(=O)NC2CCC(N3C[C@@H](C)O[C@@H](C)C3)CC2)ccc1[N+](=O)[O-]. The molecule has 8 nitrogen and oxygen atoms in total. The third-order valence-electron chi connectivity index (χ3n) is 5.63. The van der Waals surface area contributed by atoms with Crippen molar-refractivity contribution in [3.63, 3.8) is 0 Å². The van der Waals surface area contributed by atoms with Crippen LogP contribution in [0.1, 0.15) is 49.9 Å². The topological polar surface area (TPSA) is 93.9 Å². The number of ether oxygens (including phenoxy) is 2. The van der Waals surface area contributed by atoms with Crippen LogP contribution in [0.15, 0.2) is 18.2 Å². The van der Waals surface area contributed by atoms with Crippen LogP contribution >= 0.6 is 0 Å². The Hall–Kier alpha value is -2.19. The highest BCUT2D eigenvalue weighted by Crippen LogP contribution is 2.29. The van der Waals surface area contributed by atoms with Crippen molar-refractivity contribution in [1.82, 2.24) is 10.2 Å². The number of amides is 1. The van der Waals surface area contributed by atoms with Gasteiger partial charge in [0.05, 0.1) is 24.2 Å². The van der Waals surface area contributed by atoms with Crippen molar-refractivity contribution in [3.05, 3.63) is 33.9 Å². The van der Waals surface area contributed by atoms with E-state index in [0.717, 1.165) is 38.8 Å². The summed E-state index contributed by atoms with van der Waals surface area (Å²) in [4.78, 5) is 25.6. The maximum absolute atomic E-state index is 12.6. The number of nitrogens with one attached hydrogen (secondary N) is 1. The molecule has 1 saturated carbocycles. The first-order chi connectivity index (χ1) is 13.4. The van der Waals surface area contributed by atoms with E-state index in [9.17, 15) is 14.9 Å². The summed E-state index contributed by atoms with van der Waals surface area (Å²) in [7, 11) is 1.36. The Morgan fingerprint density at radius 3 is 2.43 bits per heavy atom. The molecule has 1 N–H and O–H groups in total. The zero-order valence-electron chi connectivity index (χ0n) is 16.7. The molecule has 1 heterocycles. The highest BCUT2D eigenvalue weighted by atomic mass is 16.6. The Kier molecular flexibility index (Phi) is 6.51. The second-order valence-corrected chi connectivity index (χ2v) is 7.83. The number of rotatable bonds is 5. The average Bonchev–Trinajstić information content (AvgIpc) is 2.67. The van der Waals surface area contributed by atoms with Crippen molar-refractivity contribution in [2.24, 2.45) is 0 Å². The molecule has 2 atom stereocenters. The van der Waals surface area contributed by atoms with Gasteiger partial charge in [0.1, 0.15) is 0 Å². The highest BCUT2D eigenvalue weighted by Gasteiger charge is 2.31. The highest BCUT2D eigenvalue weighted by molar-refractivity contribution is 5.95. The van der Waals surface area contributed by atoms with Gasteiger partial charge in [-0.25, -0.2) is 0 Å². The van der Waals surface area contributed by atoms with Crippen LogP contribution in [0, 0.1) is 10.1 Å². The van der Waals surface area contributed by atoms with Gasteiger partial charge < -0.3 is 14.8 Å². The molecule has 1 saturated heterocycles. The Morgan fingerprint density at radius 1 is 1.21 bits per heavy atom. The smallest absolute Gasteiger partial charge is 0.310 e. The van der Waals surface area contributed by atoms with Crippen LogP contribution in [0.3, 0.4) is 0 Å². The lowest BCUT2D eigenvalue weighted by molar-refractivity contribution is -0.385. The summed E-state index contributed by atoms with van der Waals surface area (Å²) in [6.45, 7) is 6.17. The van der Waals surface area contributed by atoms with Crippen LogP contribution < -0.4 is 10.1 Å². The van der Waals surface area contributed by atoms with E-state index in [1.54, 1.807) is 0 Å². The zero-order chi connectivity index (χ0) is 20.3. The van der Waals surface area contributed by atoms with E-state index in [1.165, 1.54) is 25.3 Å². The molecular formula is C20H29N3O5. The van der Waals surface area contributed by atoms with Crippen molar-refractivity contribution in [3.8, 4) is 5.75 Å². The molecule has 0 unspecified atom stereocenters. The number of nitro benzene ring substituents is 1. The largest absolute Gasteiger partial charge is 0.490 e. The number of benzene rings is 1. The predicted octanol–water partition coefficient (Wildman–Crippen LogP) is 2.75. The average molecular weight is 391 g/mol. The quantitative estimate of drug-likeness (QED) is 0.613. The van der Waals surface area contributed by atoms with E-state index in [0.29, 0.717) is 11.6 Å². The molecule has 1 aliphatic carbocycles. The van der Waals surface area contributed by atoms with Gasteiger partial charge in [-0.1, -0.05) is 0 Å². The van der Waals surface area contributed by atoms with E-state index in [4.69, 9.17) is 9.47 Å². The Morgan fingerprint density at radius 2 is 1.86 bits per heavy atom. The molecule has 0 aromatic heterocycles. The summed E-state index contributed by atoms with van der Waals surface area (Å²) in [5, 5.41) is 14.1. The number of carbonyl (C=O) groups is 1. The zero-order valence-corrected chi connectivity index (χ0v) is 16.7. The first-order valence-corrected chi connectivity index (χ1v) is 9.90. The number of carbonyl (C=O) groups excluding carboxylic acids is 1. The molecule has 28 heavy (non-hydrogen) atoms. The summed E-state index contributed by atoms with van der Waals surface area (Å²) < 4.78 is 10.9. The molecule has 1 aliphatic heterocycles. The lowest BCUT2D eigenvalue weighted by atomic mass is 9.89. The number of methoxy groups -OCH3 is 1. The van der Waals surface area contributed by atoms with Crippen molar-refractivity contribution in [2.45, 2.75) is 63.8 Å². The fraction of sp³-hybridized carbons (Fsp3) is 0.650. The predicted molar refractivity (Wildman–Crippen MR) is 105 cm³/mol. The molecule has 0 bridgehead atoms. The minimum atomic E-state index is -0.519. The first kappa shape index (κ1) is 20.5. The maximum atomic E-state index is 12.6. The Bertz CT molecular complexity index is 708. The van der Waals surface area contributed by atoms with Gasteiger partial charge in [-0.15, -0.1) is 0 Å². The molecule has 1 aromatic rings. The minimum Gasteiger partial charge on any atom is -0.490 e. The molecular weight excluding hydrogens is 362 g/mol. The van der Waals surface area contributed by atoms with Crippen molar-refractivity contribution in [1.29, 1.82) is 0 Å². The van der Waals surface area contributed by atoms with Crippen LogP contribution in [0.2, 0.25) is 0 Å². The van der Waals surface area contributed by atoms with Crippen LogP contribution in [0.4, 0.5) is 5.69 Å². The van der Waals surface area contributed by atoms with Gasteiger partial charge in [-0.05, 0) is 45.6 Å². The number of nitrogens with zero attached hydrogens (tertiary/aromatic N) is 2. The van der Waals surface area contributed by atoms with Gasteiger partial charge in [0, 0.05) is 42.9 Å². The van der Waals surface area contributed by atoms with Gasteiger partial charge in [0.2, 0.25) is 0 Å². The van der Waals surface area contributed by atoms with Crippen molar-refractivity contribution in [2.75, 3.05) is 20.2 Å². The maximum Gasteiger partial charge on any atom is 0.310 e. The lowest BCUT2D eigenvalue weighted by Gasteiger charge is -2.42. The van der Waals surface area contributed by atoms with Crippen molar-refractivity contribution < 1.29 is 19.2 Å². The molecule has 154 valence electrons. The molecule has 2 aliphatic rings. The van der Waals surface area contributed by atoms with Crippen LogP contribution in [-0.2, 0) is 4.74 Å². The summed E-state index contributed by atoms with van der Waals surface area (Å²) in [6, 6.07) is 4.88. The van der Waals surface area contributed by atoms with E-state index in [-0.39, 0.29) is 35.6 Å². The molecule has 0 spiro atoms. The molecule has 0 radical (unpaired) electrons. The van der Waals surface area contributed by atoms with Crippen LogP contribution in [0.25, 0.3) is 0 Å². The molecule has 3 rings (SSSR count). The monoisotopic (exact) mass is 391 g/mol.